The molecule has 1 aromatic rings. The molecule has 0 atom stereocenters. The molecule has 4 heteroatoms. The van der Waals surface area contributed by atoms with E-state index in [1.165, 1.54) is 12.3 Å². The van der Waals surface area contributed by atoms with Crippen molar-refractivity contribution in [3.63, 3.8) is 0 Å². The molecule has 1 aromatic heterocycles. The van der Waals surface area contributed by atoms with Crippen molar-refractivity contribution in [2.24, 2.45) is 0 Å². The number of pyridine rings is 1. The number of hydrogen-bond acceptors (Lipinski definition) is 2. The molecule has 68 valence electrons. The van der Waals surface area contributed by atoms with E-state index >= 15 is 0 Å². The van der Waals surface area contributed by atoms with E-state index in [1.807, 2.05) is 0 Å². The fourth-order valence-corrected chi connectivity index (χ4v) is 0.901. The Bertz CT molecular complexity index is 354. The van der Waals surface area contributed by atoms with Gasteiger partial charge in [-0.2, -0.15) is 0 Å². The molecule has 0 aromatic carbocycles. The molecule has 1 heterocycles. The minimum atomic E-state index is -0.562. The number of rotatable bonds is 1. The quantitative estimate of drug-likeness (QED) is 0.546. The standard InChI is InChI=1S/C9H8ClFN2/c1-12-5-2-3-7-4-6-13-9(10)8(7)11/h4,6,12H,5H2,1H3. The van der Waals surface area contributed by atoms with Crippen molar-refractivity contribution in [1.82, 2.24) is 10.3 Å². The van der Waals surface area contributed by atoms with Gasteiger partial charge in [-0.3, -0.25) is 0 Å². The molecule has 13 heavy (non-hydrogen) atoms. The second-order valence-corrected chi connectivity index (χ2v) is 2.65. The topological polar surface area (TPSA) is 24.9 Å². The van der Waals surface area contributed by atoms with Crippen LogP contribution in [0.2, 0.25) is 5.15 Å². The van der Waals surface area contributed by atoms with Crippen molar-refractivity contribution in [3.8, 4) is 11.8 Å². The predicted molar refractivity (Wildman–Crippen MR) is 50.0 cm³/mol. The number of halogens is 2. The summed E-state index contributed by atoms with van der Waals surface area (Å²) in [7, 11) is 1.77. The molecule has 0 aliphatic carbocycles. The summed E-state index contributed by atoms with van der Waals surface area (Å²) in [6.07, 6.45) is 1.43. The van der Waals surface area contributed by atoms with Crippen molar-refractivity contribution in [3.05, 3.63) is 28.8 Å². The van der Waals surface area contributed by atoms with Crippen molar-refractivity contribution >= 4 is 11.6 Å². The van der Waals surface area contributed by atoms with Crippen molar-refractivity contribution in [2.75, 3.05) is 13.6 Å². The SMILES string of the molecule is CNCC#Cc1ccnc(Cl)c1F. The Labute approximate surface area is 81.1 Å². The van der Waals surface area contributed by atoms with Gasteiger partial charge in [0.25, 0.3) is 0 Å². The molecular weight excluding hydrogens is 191 g/mol. The highest BCUT2D eigenvalue weighted by atomic mass is 35.5. The second kappa shape index (κ2) is 4.80. The van der Waals surface area contributed by atoms with Crippen LogP contribution in [-0.4, -0.2) is 18.6 Å². The average Bonchev–Trinajstić information content (AvgIpc) is 2.13. The molecular formula is C9H8ClFN2. The monoisotopic (exact) mass is 198 g/mol. The molecule has 0 saturated carbocycles. The minimum Gasteiger partial charge on any atom is -0.309 e. The Balaban J connectivity index is 2.91. The number of aromatic nitrogens is 1. The van der Waals surface area contributed by atoms with Crippen molar-refractivity contribution < 1.29 is 4.39 Å². The number of nitrogens with one attached hydrogen (secondary N) is 1. The van der Waals surface area contributed by atoms with Gasteiger partial charge in [-0.05, 0) is 13.1 Å². The Morgan fingerprint density at radius 1 is 1.69 bits per heavy atom. The lowest BCUT2D eigenvalue weighted by Crippen LogP contribution is -2.04. The maximum Gasteiger partial charge on any atom is 0.176 e. The first-order valence-corrected chi connectivity index (χ1v) is 4.07. The van der Waals surface area contributed by atoms with Gasteiger partial charge in [0, 0.05) is 6.20 Å². The van der Waals surface area contributed by atoms with Gasteiger partial charge in [-0.15, -0.1) is 0 Å². The third-order valence-electron chi connectivity index (χ3n) is 1.33. The highest BCUT2D eigenvalue weighted by molar-refractivity contribution is 6.29. The van der Waals surface area contributed by atoms with E-state index in [2.05, 4.69) is 22.1 Å². The molecule has 0 spiro atoms. The lowest BCUT2D eigenvalue weighted by atomic mass is 10.2. The molecule has 0 bridgehead atoms. The van der Waals surface area contributed by atoms with Crippen LogP contribution >= 0.6 is 11.6 Å². The van der Waals surface area contributed by atoms with Crippen LogP contribution in [0.3, 0.4) is 0 Å². The highest BCUT2D eigenvalue weighted by Crippen LogP contribution is 2.13. The maximum atomic E-state index is 13.1. The van der Waals surface area contributed by atoms with Gasteiger partial charge < -0.3 is 5.32 Å². The normalized spacial score (nSPS) is 9.15. The summed E-state index contributed by atoms with van der Waals surface area (Å²) in [5, 5.41) is 2.68. The summed E-state index contributed by atoms with van der Waals surface area (Å²) < 4.78 is 13.1. The molecule has 0 aliphatic rings. The van der Waals surface area contributed by atoms with E-state index in [1.54, 1.807) is 7.05 Å². The van der Waals surface area contributed by atoms with Crippen LogP contribution in [0.15, 0.2) is 12.3 Å². The molecule has 1 N–H and O–H groups in total. The van der Waals surface area contributed by atoms with Crippen molar-refractivity contribution in [2.45, 2.75) is 0 Å². The third-order valence-corrected chi connectivity index (χ3v) is 1.60. The van der Waals surface area contributed by atoms with E-state index in [9.17, 15) is 4.39 Å². The molecule has 0 unspecified atom stereocenters. The van der Waals surface area contributed by atoms with Gasteiger partial charge in [0.2, 0.25) is 0 Å². The van der Waals surface area contributed by atoms with Crippen LogP contribution in [0.4, 0.5) is 4.39 Å². The largest absolute Gasteiger partial charge is 0.309 e. The number of nitrogens with zero attached hydrogens (tertiary/aromatic N) is 1. The summed E-state index contributed by atoms with van der Waals surface area (Å²) in [5.74, 6) is 4.81. The van der Waals surface area contributed by atoms with Crippen LogP contribution < -0.4 is 5.32 Å². The molecule has 0 amide bonds. The minimum absolute atomic E-state index is 0.142. The molecule has 1 rings (SSSR count). The second-order valence-electron chi connectivity index (χ2n) is 2.30. The molecule has 0 fully saturated rings. The van der Waals surface area contributed by atoms with Gasteiger partial charge >= 0.3 is 0 Å². The Hall–Kier alpha value is -1.11. The van der Waals surface area contributed by atoms with Crippen molar-refractivity contribution in [1.29, 1.82) is 0 Å². The predicted octanol–water partition coefficient (Wildman–Crippen LogP) is 1.45. The van der Waals surface area contributed by atoms with Crippen LogP contribution in [-0.2, 0) is 0 Å². The Kier molecular flexibility index (Phi) is 3.69. The fraction of sp³-hybridized carbons (Fsp3) is 0.222. The van der Waals surface area contributed by atoms with Crippen LogP contribution in [0.25, 0.3) is 0 Å². The molecule has 0 saturated heterocycles. The lowest BCUT2D eigenvalue weighted by molar-refractivity contribution is 0.618. The first-order chi connectivity index (χ1) is 6.25. The summed E-state index contributed by atoms with van der Waals surface area (Å²) in [5.41, 5.74) is 0.273. The summed E-state index contributed by atoms with van der Waals surface area (Å²) in [6, 6.07) is 1.49. The average molecular weight is 199 g/mol. The van der Waals surface area contributed by atoms with Gasteiger partial charge in [-0.1, -0.05) is 23.4 Å². The Morgan fingerprint density at radius 2 is 2.46 bits per heavy atom. The van der Waals surface area contributed by atoms with Gasteiger partial charge in [0.05, 0.1) is 12.1 Å². The zero-order valence-corrected chi connectivity index (χ0v) is 7.82. The molecule has 0 aliphatic heterocycles. The van der Waals surface area contributed by atoms with Crippen LogP contribution in [0.1, 0.15) is 5.56 Å². The first kappa shape index (κ1) is 9.97. The van der Waals surface area contributed by atoms with Crippen LogP contribution in [0.5, 0.6) is 0 Å². The smallest absolute Gasteiger partial charge is 0.176 e. The van der Waals surface area contributed by atoms with E-state index in [0.717, 1.165) is 0 Å². The zero-order valence-electron chi connectivity index (χ0n) is 7.06. The highest BCUT2D eigenvalue weighted by Gasteiger charge is 2.03. The maximum absolute atomic E-state index is 13.1. The molecule has 0 radical (unpaired) electrons. The van der Waals surface area contributed by atoms with Crippen LogP contribution in [0, 0.1) is 17.7 Å². The first-order valence-electron chi connectivity index (χ1n) is 3.69. The summed E-state index contributed by atoms with van der Waals surface area (Å²) in [4.78, 5) is 3.57. The lowest BCUT2D eigenvalue weighted by Gasteiger charge is -1.94. The van der Waals surface area contributed by atoms with E-state index in [4.69, 9.17) is 11.6 Å². The van der Waals surface area contributed by atoms with Gasteiger partial charge in [0.1, 0.15) is 0 Å². The Morgan fingerprint density at radius 3 is 3.15 bits per heavy atom. The summed E-state index contributed by atoms with van der Waals surface area (Å²) >= 11 is 5.46. The van der Waals surface area contributed by atoms with Gasteiger partial charge in [-0.25, -0.2) is 9.37 Å². The third kappa shape index (κ3) is 2.69. The zero-order chi connectivity index (χ0) is 9.68. The molecule has 2 nitrogen and oxygen atoms in total. The number of hydrogen-bond donors (Lipinski definition) is 1. The van der Waals surface area contributed by atoms with E-state index < -0.39 is 5.82 Å². The van der Waals surface area contributed by atoms with Gasteiger partial charge in [0.15, 0.2) is 11.0 Å². The summed E-state index contributed by atoms with van der Waals surface area (Å²) in [6.45, 7) is 0.513. The van der Waals surface area contributed by atoms with E-state index in [0.29, 0.717) is 6.54 Å². The fourth-order valence-electron chi connectivity index (χ4n) is 0.743. The van der Waals surface area contributed by atoms with E-state index in [-0.39, 0.29) is 10.7 Å².